The van der Waals surface area contributed by atoms with Crippen LogP contribution in [0.15, 0.2) is 30.5 Å². The lowest BCUT2D eigenvalue weighted by molar-refractivity contribution is -0.137. The average molecular weight is 484 g/mol. The summed E-state index contributed by atoms with van der Waals surface area (Å²) in [6.45, 7) is 2.22. The summed E-state index contributed by atoms with van der Waals surface area (Å²) in [5.74, 6) is -0.834. The average Bonchev–Trinajstić information content (AvgIpc) is 2.81. The van der Waals surface area contributed by atoms with Gasteiger partial charge in [0.15, 0.2) is 17.0 Å². The van der Waals surface area contributed by atoms with Crippen molar-refractivity contribution in [3.05, 3.63) is 41.7 Å². The van der Waals surface area contributed by atoms with E-state index < -0.39 is 5.97 Å². The molecule has 1 aromatic carbocycles. The summed E-state index contributed by atoms with van der Waals surface area (Å²) in [5.41, 5.74) is 14.0. The SMILES string of the molecule is CC(=O)N(C)C.Nc1nc(N)c2nc(CNc3ccc(C(=O)NCCCC(=O)O)cc3)cnc2n1. The third-order valence-electron chi connectivity index (χ3n) is 4.60. The number of carbonyl (C=O) groups is 3. The highest BCUT2D eigenvalue weighted by atomic mass is 16.4. The Morgan fingerprint density at radius 1 is 1.06 bits per heavy atom. The minimum atomic E-state index is -0.884. The van der Waals surface area contributed by atoms with Gasteiger partial charge in [0.05, 0.1) is 18.4 Å². The number of aromatic nitrogens is 4. The zero-order chi connectivity index (χ0) is 26.0. The van der Waals surface area contributed by atoms with E-state index >= 15 is 0 Å². The van der Waals surface area contributed by atoms with Crippen molar-refractivity contribution in [2.75, 3.05) is 37.4 Å². The van der Waals surface area contributed by atoms with Gasteiger partial charge in [-0.15, -0.1) is 0 Å². The van der Waals surface area contributed by atoms with Crippen LogP contribution in [0, 0.1) is 0 Å². The molecule has 0 aliphatic rings. The lowest BCUT2D eigenvalue weighted by atomic mass is 10.2. The molecular formula is C22H29N9O4. The Hall–Kier alpha value is -4.55. The molecule has 0 aliphatic heterocycles. The van der Waals surface area contributed by atoms with Crippen LogP contribution in [0.4, 0.5) is 17.5 Å². The molecule has 0 saturated carbocycles. The molecule has 2 aromatic heterocycles. The number of fused-ring (bicyclic) bond motifs is 1. The number of benzene rings is 1. The van der Waals surface area contributed by atoms with Crippen LogP contribution in [0.3, 0.4) is 0 Å². The third-order valence-corrected chi connectivity index (χ3v) is 4.60. The second-order valence-corrected chi connectivity index (χ2v) is 7.60. The summed E-state index contributed by atoms with van der Waals surface area (Å²) in [5, 5.41) is 14.5. The van der Waals surface area contributed by atoms with Gasteiger partial charge in [-0.3, -0.25) is 14.4 Å². The van der Waals surface area contributed by atoms with Gasteiger partial charge in [-0.05, 0) is 30.7 Å². The van der Waals surface area contributed by atoms with Crippen LogP contribution >= 0.6 is 0 Å². The normalized spacial score (nSPS) is 10.1. The Bertz CT molecular complexity index is 1180. The van der Waals surface area contributed by atoms with E-state index in [1.165, 1.54) is 11.8 Å². The predicted molar refractivity (Wildman–Crippen MR) is 131 cm³/mol. The molecule has 0 radical (unpaired) electrons. The number of nitrogens with two attached hydrogens (primary N) is 2. The number of aliphatic carboxylic acids is 1. The Balaban J connectivity index is 0.000000641. The van der Waals surface area contributed by atoms with Gasteiger partial charge in [0, 0.05) is 45.2 Å². The highest BCUT2D eigenvalue weighted by Gasteiger charge is 2.08. The molecule has 0 fully saturated rings. The van der Waals surface area contributed by atoms with Crippen LogP contribution in [-0.2, 0) is 16.1 Å². The summed E-state index contributed by atoms with van der Waals surface area (Å²) in [4.78, 5) is 50.5. The molecule has 186 valence electrons. The first-order valence-corrected chi connectivity index (χ1v) is 10.6. The summed E-state index contributed by atoms with van der Waals surface area (Å²) in [7, 11) is 3.45. The Morgan fingerprint density at radius 3 is 2.31 bits per heavy atom. The number of anilines is 3. The number of hydrogen-bond donors (Lipinski definition) is 5. The minimum absolute atomic E-state index is 0.0198. The number of rotatable bonds is 8. The van der Waals surface area contributed by atoms with Gasteiger partial charge >= 0.3 is 5.97 Å². The zero-order valence-corrected chi connectivity index (χ0v) is 19.8. The smallest absolute Gasteiger partial charge is 0.303 e. The van der Waals surface area contributed by atoms with Crippen LogP contribution in [0.25, 0.3) is 11.2 Å². The molecule has 0 bridgehead atoms. The molecule has 0 atom stereocenters. The Morgan fingerprint density at radius 2 is 1.71 bits per heavy atom. The molecule has 3 aromatic rings. The van der Waals surface area contributed by atoms with Gasteiger partial charge in [0.2, 0.25) is 11.9 Å². The van der Waals surface area contributed by atoms with Gasteiger partial charge in [-0.2, -0.15) is 9.97 Å². The van der Waals surface area contributed by atoms with E-state index in [0.29, 0.717) is 41.9 Å². The molecule has 7 N–H and O–H groups in total. The monoisotopic (exact) mass is 483 g/mol. The molecule has 0 unspecified atom stereocenters. The van der Waals surface area contributed by atoms with Gasteiger partial charge in [0.1, 0.15) is 0 Å². The van der Waals surface area contributed by atoms with Crippen LogP contribution in [0.1, 0.15) is 35.8 Å². The van der Waals surface area contributed by atoms with E-state index in [4.69, 9.17) is 16.6 Å². The largest absolute Gasteiger partial charge is 0.481 e. The topological polar surface area (TPSA) is 202 Å². The van der Waals surface area contributed by atoms with E-state index in [1.807, 2.05) is 0 Å². The van der Waals surface area contributed by atoms with E-state index in [1.54, 1.807) is 44.6 Å². The molecule has 0 aliphatic carbocycles. The van der Waals surface area contributed by atoms with Crippen LogP contribution in [-0.4, -0.2) is 68.4 Å². The van der Waals surface area contributed by atoms with E-state index in [2.05, 4.69) is 30.6 Å². The van der Waals surface area contributed by atoms with Crippen LogP contribution in [0.5, 0.6) is 0 Å². The van der Waals surface area contributed by atoms with Gasteiger partial charge in [-0.1, -0.05) is 0 Å². The van der Waals surface area contributed by atoms with Crippen molar-refractivity contribution in [3.8, 4) is 0 Å². The third kappa shape index (κ3) is 8.72. The zero-order valence-electron chi connectivity index (χ0n) is 19.8. The van der Waals surface area contributed by atoms with Crippen molar-refractivity contribution in [3.63, 3.8) is 0 Å². The number of carboxylic acids is 1. The van der Waals surface area contributed by atoms with Crippen molar-refractivity contribution in [2.45, 2.75) is 26.3 Å². The number of carboxylic acid groups (broad SMARTS) is 1. The standard InChI is InChI=1S/C18H20N8O3.C4H9NO/c19-15-14-16(26-18(20)25-15)23-9-12(24-14)8-22-11-5-3-10(4-6-11)17(29)21-7-1-2-13(27)28;1-4(6)5(2)3/h3-6,9,22H,1-2,7-8H2,(H,21,29)(H,27,28)(H4,19,20,23,25,26);1-3H3. The van der Waals surface area contributed by atoms with Gasteiger partial charge in [-0.25, -0.2) is 9.97 Å². The highest BCUT2D eigenvalue weighted by Crippen LogP contribution is 2.16. The van der Waals surface area contributed by atoms with Crippen molar-refractivity contribution in [1.29, 1.82) is 0 Å². The van der Waals surface area contributed by atoms with Crippen molar-refractivity contribution >= 4 is 46.4 Å². The fourth-order valence-corrected chi connectivity index (χ4v) is 2.54. The highest BCUT2D eigenvalue weighted by molar-refractivity contribution is 5.94. The van der Waals surface area contributed by atoms with Crippen molar-refractivity contribution in [1.82, 2.24) is 30.2 Å². The Labute approximate surface area is 202 Å². The first-order valence-electron chi connectivity index (χ1n) is 10.6. The maximum absolute atomic E-state index is 12.0. The summed E-state index contributed by atoms with van der Waals surface area (Å²) in [6.07, 6.45) is 1.97. The second kappa shape index (κ2) is 12.6. The number of amides is 2. The van der Waals surface area contributed by atoms with Gasteiger partial charge in [0.25, 0.3) is 5.91 Å². The number of nitrogens with one attached hydrogen (secondary N) is 2. The number of nitrogen functional groups attached to an aromatic ring is 2. The quantitative estimate of drug-likeness (QED) is 0.285. The van der Waals surface area contributed by atoms with Gasteiger partial charge < -0.3 is 32.1 Å². The molecule has 0 saturated heterocycles. The molecule has 13 nitrogen and oxygen atoms in total. The maximum Gasteiger partial charge on any atom is 0.303 e. The summed E-state index contributed by atoms with van der Waals surface area (Å²) < 4.78 is 0. The van der Waals surface area contributed by atoms with Crippen molar-refractivity contribution in [2.24, 2.45) is 0 Å². The Kier molecular flexibility index (Phi) is 9.63. The second-order valence-electron chi connectivity index (χ2n) is 7.60. The fraction of sp³-hybridized carbons (Fsp3) is 0.318. The summed E-state index contributed by atoms with van der Waals surface area (Å²) >= 11 is 0. The molecule has 2 heterocycles. The molecule has 3 rings (SSSR count). The molecule has 35 heavy (non-hydrogen) atoms. The molecule has 13 heteroatoms. The van der Waals surface area contributed by atoms with E-state index in [-0.39, 0.29) is 30.0 Å². The lowest BCUT2D eigenvalue weighted by Crippen LogP contribution is -2.24. The predicted octanol–water partition coefficient (Wildman–Crippen LogP) is 0.885. The molecular weight excluding hydrogens is 454 g/mol. The number of nitrogens with zero attached hydrogens (tertiary/aromatic N) is 5. The first-order chi connectivity index (χ1) is 16.6. The van der Waals surface area contributed by atoms with Crippen LogP contribution < -0.4 is 22.1 Å². The maximum atomic E-state index is 12.0. The first kappa shape index (κ1) is 26.7. The molecule has 0 spiro atoms. The van der Waals surface area contributed by atoms with E-state index in [9.17, 15) is 14.4 Å². The number of carbonyl (C=O) groups excluding carboxylic acids is 2. The summed E-state index contributed by atoms with van der Waals surface area (Å²) in [6, 6.07) is 6.88. The molecule has 2 amide bonds. The van der Waals surface area contributed by atoms with Crippen LogP contribution in [0.2, 0.25) is 0 Å². The fourth-order valence-electron chi connectivity index (χ4n) is 2.54. The lowest BCUT2D eigenvalue weighted by Gasteiger charge is -2.09. The van der Waals surface area contributed by atoms with Crippen molar-refractivity contribution < 1.29 is 19.5 Å². The number of hydrogen-bond acceptors (Lipinski definition) is 10. The van der Waals surface area contributed by atoms with E-state index in [0.717, 1.165) is 5.69 Å². The minimum Gasteiger partial charge on any atom is -0.481 e.